The number of imidazole rings is 1. The third kappa shape index (κ3) is 3.31. The number of Topliss-reactive ketones (excluding diaryl/α,β-unsaturated/α-hetero) is 1. The van der Waals surface area contributed by atoms with Gasteiger partial charge in [0.15, 0.2) is 11.5 Å². The van der Waals surface area contributed by atoms with Gasteiger partial charge in [-0.05, 0) is 31.0 Å². The second-order valence-corrected chi connectivity index (χ2v) is 5.93. The van der Waals surface area contributed by atoms with E-state index in [0.717, 1.165) is 0 Å². The highest BCUT2D eigenvalue weighted by Gasteiger charge is 2.42. The summed E-state index contributed by atoms with van der Waals surface area (Å²) < 4.78 is 15.5. The predicted molar refractivity (Wildman–Crippen MR) is 88.0 cm³/mol. The molecule has 6 nitrogen and oxygen atoms in total. The fourth-order valence-corrected chi connectivity index (χ4v) is 3.11. The summed E-state index contributed by atoms with van der Waals surface area (Å²) >= 11 is 0. The monoisotopic (exact) mass is 343 g/mol. The Kier molecular flexibility index (Phi) is 4.65. The molecule has 0 saturated carbocycles. The van der Waals surface area contributed by atoms with E-state index < -0.39 is 29.3 Å². The van der Waals surface area contributed by atoms with Gasteiger partial charge in [-0.15, -0.1) is 0 Å². The predicted octanol–water partition coefficient (Wildman–Crippen LogP) is 2.40. The average molecular weight is 343 g/mol. The van der Waals surface area contributed by atoms with E-state index in [0.29, 0.717) is 25.1 Å². The van der Waals surface area contributed by atoms with Crippen molar-refractivity contribution in [3.63, 3.8) is 0 Å². The number of nitrogens with zero attached hydrogens (tertiary/aromatic N) is 3. The van der Waals surface area contributed by atoms with Gasteiger partial charge in [0.25, 0.3) is 5.91 Å². The summed E-state index contributed by atoms with van der Waals surface area (Å²) in [5.74, 6) is -2.02. The second-order valence-electron chi connectivity index (χ2n) is 5.93. The largest absolute Gasteiger partial charge is 0.503 e. The lowest BCUT2D eigenvalue weighted by molar-refractivity contribution is -0.129. The van der Waals surface area contributed by atoms with E-state index in [1.165, 1.54) is 30.0 Å². The van der Waals surface area contributed by atoms with Crippen molar-refractivity contribution >= 4 is 11.7 Å². The Morgan fingerprint density at radius 2 is 2.16 bits per heavy atom. The first-order chi connectivity index (χ1) is 12.0. The van der Waals surface area contributed by atoms with Gasteiger partial charge in [0, 0.05) is 25.5 Å². The molecule has 3 rings (SSSR count). The third-order valence-electron chi connectivity index (χ3n) is 4.22. The van der Waals surface area contributed by atoms with Crippen LogP contribution in [0.15, 0.2) is 54.3 Å². The lowest BCUT2D eigenvalue weighted by Crippen LogP contribution is -2.32. The lowest BCUT2D eigenvalue weighted by atomic mass is 9.96. The molecule has 1 aliphatic heterocycles. The zero-order chi connectivity index (χ0) is 18.0. The van der Waals surface area contributed by atoms with E-state index in [2.05, 4.69) is 4.98 Å². The van der Waals surface area contributed by atoms with Crippen molar-refractivity contribution in [3.05, 3.63) is 65.7 Å². The number of ketones is 1. The Morgan fingerprint density at radius 1 is 1.36 bits per heavy atom. The Hall–Kier alpha value is -2.96. The molecule has 0 saturated heterocycles. The van der Waals surface area contributed by atoms with E-state index in [9.17, 15) is 19.1 Å². The number of amides is 1. The van der Waals surface area contributed by atoms with E-state index in [4.69, 9.17) is 0 Å². The van der Waals surface area contributed by atoms with Gasteiger partial charge in [0.1, 0.15) is 5.82 Å². The maximum atomic E-state index is 13.6. The molecule has 1 N–H and O–H groups in total. The molecule has 2 heterocycles. The van der Waals surface area contributed by atoms with Crippen LogP contribution in [0.3, 0.4) is 0 Å². The molecule has 25 heavy (non-hydrogen) atoms. The van der Waals surface area contributed by atoms with Crippen LogP contribution in [0.5, 0.6) is 0 Å². The summed E-state index contributed by atoms with van der Waals surface area (Å²) in [6.07, 6.45) is 5.75. The molecule has 130 valence electrons. The van der Waals surface area contributed by atoms with Crippen LogP contribution in [0.4, 0.5) is 4.39 Å². The standard InChI is InChI=1S/C18H18FN3O3/c1-12(23)15-16(13-4-2-5-14(19)10-13)22(18(25)17(15)24)8-3-7-21-9-6-20-11-21/h2,4-6,9-11,16,24H,3,7-8H2,1H3. The highest BCUT2D eigenvalue weighted by Crippen LogP contribution is 2.37. The van der Waals surface area contributed by atoms with Gasteiger partial charge in [-0.1, -0.05) is 12.1 Å². The van der Waals surface area contributed by atoms with Crippen LogP contribution in [0.2, 0.25) is 0 Å². The number of rotatable bonds is 6. The van der Waals surface area contributed by atoms with Crippen LogP contribution in [0.25, 0.3) is 0 Å². The van der Waals surface area contributed by atoms with Gasteiger partial charge in [0.05, 0.1) is 17.9 Å². The number of aliphatic hydroxyl groups excluding tert-OH is 1. The SMILES string of the molecule is CC(=O)C1=C(O)C(=O)N(CCCn2ccnc2)C1c1cccc(F)c1. The molecule has 1 atom stereocenters. The number of hydrogen-bond acceptors (Lipinski definition) is 4. The molecule has 1 amide bonds. The van der Waals surface area contributed by atoms with Crippen molar-refractivity contribution in [1.29, 1.82) is 0 Å². The normalized spacial score (nSPS) is 17.4. The van der Waals surface area contributed by atoms with Crippen LogP contribution >= 0.6 is 0 Å². The van der Waals surface area contributed by atoms with E-state index in [-0.39, 0.29) is 5.57 Å². The van der Waals surface area contributed by atoms with Crippen molar-refractivity contribution in [2.45, 2.75) is 25.9 Å². The number of carbonyl (C=O) groups excluding carboxylic acids is 2. The lowest BCUT2D eigenvalue weighted by Gasteiger charge is -2.26. The van der Waals surface area contributed by atoms with E-state index >= 15 is 0 Å². The molecule has 0 aliphatic carbocycles. The minimum Gasteiger partial charge on any atom is -0.503 e. The fraction of sp³-hybridized carbons (Fsp3) is 0.278. The van der Waals surface area contributed by atoms with Crippen LogP contribution in [-0.2, 0) is 16.1 Å². The Balaban J connectivity index is 1.87. The highest BCUT2D eigenvalue weighted by molar-refractivity contribution is 6.08. The molecule has 2 aromatic rings. The number of hydrogen-bond donors (Lipinski definition) is 1. The zero-order valence-corrected chi connectivity index (χ0v) is 13.7. The maximum absolute atomic E-state index is 13.6. The van der Waals surface area contributed by atoms with Crippen molar-refractivity contribution in [1.82, 2.24) is 14.5 Å². The van der Waals surface area contributed by atoms with Crippen LogP contribution in [0, 0.1) is 5.82 Å². The second kappa shape index (κ2) is 6.88. The van der Waals surface area contributed by atoms with Crippen molar-refractivity contribution in [2.24, 2.45) is 0 Å². The fourth-order valence-electron chi connectivity index (χ4n) is 3.11. The van der Waals surface area contributed by atoms with Gasteiger partial charge in [0.2, 0.25) is 0 Å². The summed E-state index contributed by atoms with van der Waals surface area (Å²) in [7, 11) is 0. The number of aromatic nitrogens is 2. The average Bonchev–Trinajstić information content (AvgIpc) is 3.16. The Bertz CT molecular complexity index is 830. The summed E-state index contributed by atoms with van der Waals surface area (Å²) in [4.78, 5) is 29.8. The molecule has 1 aromatic heterocycles. The summed E-state index contributed by atoms with van der Waals surface area (Å²) in [6, 6.07) is 4.96. The molecule has 1 unspecified atom stereocenters. The minimum atomic E-state index is -0.775. The van der Waals surface area contributed by atoms with Gasteiger partial charge in [-0.3, -0.25) is 9.59 Å². The smallest absolute Gasteiger partial charge is 0.290 e. The number of aliphatic hydroxyl groups is 1. The molecule has 0 fully saturated rings. The minimum absolute atomic E-state index is 0.0123. The highest BCUT2D eigenvalue weighted by atomic mass is 19.1. The zero-order valence-electron chi connectivity index (χ0n) is 13.7. The van der Waals surface area contributed by atoms with E-state index in [1.54, 1.807) is 18.6 Å². The number of carbonyl (C=O) groups is 2. The third-order valence-corrected chi connectivity index (χ3v) is 4.22. The summed E-state index contributed by atoms with van der Waals surface area (Å²) in [5, 5.41) is 10.1. The number of halogens is 1. The van der Waals surface area contributed by atoms with Crippen molar-refractivity contribution < 1.29 is 19.1 Å². The van der Waals surface area contributed by atoms with Gasteiger partial charge < -0.3 is 14.6 Å². The number of aryl methyl sites for hydroxylation is 1. The van der Waals surface area contributed by atoms with Crippen LogP contribution in [-0.4, -0.2) is 37.8 Å². The molecule has 1 aliphatic rings. The molecule has 0 radical (unpaired) electrons. The van der Waals surface area contributed by atoms with Crippen LogP contribution < -0.4 is 0 Å². The quantitative estimate of drug-likeness (QED) is 0.874. The Morgan fingerprint density at radius 3 is 2.80 bits per heavy atom. The molecule has 1 aromatic carbocycles. The van der Waals surface area contributed by atoms with Crippen molar-refractivity contribution in [2.75, 3.05) is 6.54 Å². The molecular weight excluding hydrogens is 325 g/mol. The van der Waals surface area contributed by atoms with Gasteiger partial charge in [-0.25, -0.2) is 9.37 Å². The maximum Gasteiger partial charge on any atom is 0.290 e. The first kappa shape index (κ1) is 16.9. The van der Waals surface area contributed by atoms with Gasteiger partial charge in [-0.2, -0.15) is 0 Å². The molecule has 0 spiro atoms. The molecule has 0 bridgehead atoms. The number of benzene rings is 1. The van der Waals surface area contributed by atoms with Crippen LogP contribution in [0.1, 0.15) is 24.9 Å². The molecular formula is C18H18FN3O3. The van der Waals surface area contributed by atoms with Crippen molar-refractivity contribution in [3.8, 4) is 0 Å². The topological polar surface area (TPSA) is 75.4 Å². The Labute approximate surface area is 144 Å². The van der Waals surface area contributed by atoms with Gasteiger partial charge >= 0.3 is 0 Å². The summed E-state index contributed by atoms with van der Waals surface area (Å²) in [5.41, 5.74) is 0.475. The summed E-state index contributed by atoms with van der Waals surface area (Å²) in [6.45, 7) is 2.25. The first-order valence-electron chi connectivity index (χ1n) is 7.95. The first-order valence-corrected chi connectivity index (χ1v) is 7.95. The van der Waals surface area contributed by atoms with E-state index in [1.807, 2.05) is 10.8 Å². The molecule has 7 heteroatoms.